The Kier molecular flexibility index (Phi) is 4.63. The molecule has 0 aromatic heterocycles. The summed E-state index contributed by atoms with van der Waals surface area (Å²) in [5.74, 6) is 1.21. The Labute approximate surface area is 125 Å². The van der Waals surface area contributed by atoms with E-state index >= 15 is 0 Å². The third-order valence-electron chi connectivity index (χ3n) is 3.50. The van der Waals surface area contributed by atoms with Crippen LogP contribution in [0.5, 0.6) is 11.5 Å². The van der Waals surface area contributed by atoms with Crippen LogP contribution in [-0.2, 0) is 0 Å². The molecule has 112 valence electrons. The van der Waals surface area contributed by atoms with Crippen molar-refractivity contribution >= 4 is 0 Å². The van der Waals surface area contributed by atoms with Gasteiger partial charge in [-0.05, 0) is 49.1 Å². The standard InChI is InChI=1S/C18H21FO2/c1-11(2)14-7-5-6-8-17(14)21-18-9-12(3)16(19)10-15(18)13(4)20/h5-11,13,20H,1-4H3/t13-/m0/s1. The Morgan fingerprint density at radius 2 is 1.67 bits per heavy atom. The number of aliphatic hydroxyl groups is 1. The molecule has 2 nitrogen and oxygen atoms in total. The van der Waals surface area contributed by atoms with Crippen LogP contribution in [0.4, 0.5) is 4.39 Å². The summed E-state index contributed by atoms with van der Waals surface area (Å²) in [5, 5.41) is 9.83. The van der Waals surface area contributed by atoms with Crippen molar-refractivity contribution in [1.29, 1.82) is 0 Å². The van der Waals surface area contributed by atoms with E-state index in [0.29, 0.717) is 22.8 Å². The molecule has 0 aliphatic rings. The Bertz CT molecular complexity index is 633. The molecule has 3 heteroatoms. The van der Waals surface area contributed by atoms with E-state index in [9.17, 15) is 9.50 Å². The summed E-state index contributed by atoms with van der Waals surface area (Å²) in [5.41, 5.74) is 2.03. The van der Waals surface area contributed by atoms with Crippen molar-refractivity contribution in [3.8, 4) is 11.5 Å². The first-order valence-electron chi connectivity index (χ1n) is 7.15. The van der Waals surface area contributed by atoms with Gasteiger partial charge in [-0.1, -0.05) is 32.0 Å². The monoisotopic (exact) mass is 288 g/mol. The molecule has 0 saturated carbocycles. The van der Waals surface area contributed by atoms with Crippen LogP contribution in [0.15, 0.2) is 36.4 Å². The van der Waals surface area contributed by atoms with Gasteiger partial charge in [0.2, 0.25) is 0 Å². The summed E-state index contributed by atoms with van der Waals surface area (Å²) in [4.78, 5) is 0. The summed E-state index contributed by atoms with van der Waals surface area (Å²) in [6.45, 7) is 7.47. The van der Waals surface area contributed by atoms with E-state index in [4.69, 9.17) is 4.74 Å². The molecular weight excluding hydrogens is 267 g/mol. The van der Waals surface area contributed by atoms with Gasteiger partial charge in [0.15, 0.2) is 0 Å². The Morgan fingerprint density at radius 1 is 1.00 bits per heavy atom. The molecule has 0 saturated heterocycles. The minimum Gasteiger partial charge on any atom is -0.457 e. The molecule has 0 fully saturated rings. The second-order valence-electron chi connectivity index (χ2n) is 5.61. The number of benzene rings is 2. The fraction of sp³-hybridized carbons (Fsp3) is 0.333. The molecule has 0 aliphatic heterocycles. The zero-order valence-electron chi connectivity index (χ0n) is 12.9. The second-order valence-corrected chi connectivity index (χ2v) is 5.61. The first kappa shape index (κ1) is 15.5. The van der Waals surface area contributed by atoms with E-state index in [-0.39, 0.29) is 5.82 Å². The second kappa shape index (κ2) is 6.27. The van der Waals surface area contributed by atoms with Crippen molar-refractivity contribution in [2.45, 2.75) is 39.7 Å². The third-order valence-corrected chi connectivity index (χ3v) is 3.50. The highest BCUT2D eigenvalue weighted by atomic mass is 19.1. The van der Waals surface area contributed by atoms with Gasteiger partial charge < -0.3 is 9.84 Å². The average molecular weight is 288 g/mol. The molecule has 21 heavy (non-hydrogen) atoms. The third kappa shape index (κ3) is 3.42. The van der Waals surface area contributed by atoms with Gasteiger partial charge in [0.05, 0.1) is 6.10 Å². The maximum absolute atomic E-state index is 13.7. The van der Waals surface area contributed by atoms with Gasteiger partial charge in [0, 0.05) is 5.56 Å². The Hall–Kier alpha value is -1.87. The molecule has 2 rings (SSSR count). The fourth-order valence-electron chi connectivity index (χ4n) is 2.25. The molecule has 0 bridgehead atoms. The molecule has 0 unspecified atom stereocenters. The molecule has 1 atom stereocenters. The van der Waals surface area contributed by atoms with Crippen LogP contribution < -0.4 is 4.74 Å². The molecule has 2 aromatic carbocycles. The zero-order chi connectivity index (χ0) is 15.6. The molecule has 0 heterocycles. The van der Waals surface area contributed by atoms with E-state index in [2.05, 4.69) is 13.8 Å². The largest absolute Gasteiger partial charge is 0.457 e. The number of aryl methyl sites for hydroxylation is 1. The van der Waals surface area contributed by atoms with Crippen molar-refractivity contribution in [3.05, 3.63) is 58.9 Å². The number of halogens is 1. The maximum Gasteiger partial charge on any atom is 0.133 e. The van der Waals surface area contributed by atoms with Gasteiger partial charge >= 0.3 is 0 Å². The molecular formula is C18H21FO2. The quantitative estimate of drug-likeness (QED) is 0.847. The summed E-state index contributed by atoms with van der Waals surface area (Å²) < 4.78 is 19.7. The SMILES string of the molecule is Cc1cc(Oc2ccccc2C(C)C)c([C@H](C)O)cc1F. The number of para-hydroxylation sites is 1. The van der Waals surface area contributed by atoms with E-state index in [0.717, 1.165) is 11.3 Å². The van der Waals surface area contributed by atoms with Crippen LogP contribution >= 0.6 is 0 Å². The lowest BCUT2D eigenvalue weighted by molar-refractivity contribution is 0.195. The van der Waals surface area contributed by atoms with Gasteiger partial charge in [-0.2, -0.15) is 0 Å². The zero-order valence-corrected chi connectivity index (χ0v) is 12.9. The highest BCUT2D eigenvalue weighted by molar-refractivity contribution is 5.45. The van der Waals surface area contributed by atoms with Crippen LogP contribution in [0.2, 0.25) is 0 Å². The first-order valence-corrected chi connectivity index (χ1v) is 7.15. The number of rotatable bonds is 4. The number of aliphatic hydroxyl groups excluding tert-OH is 1. The van der Waals surface area contributed by atoms with Crippen LogP contribution in [-0.4, -0.2) is 5.11 Å². The molecule has 0 amide bonds. The maximum atomic E-state index is 13.7. The topological polar surface area (TPSA) is 29.5 Å². The molecule has 0 spiro atoms. The van der Waals surface area contributed by atoms with Gasteiger partial charge in [-0.3, -0.25) is 0 Å². The molecule has 2 aromatic rings. The molecule has 0 aliphatic carbocycles. The first-order chi connectivity index (χ1) is 9.90. The number of ether oxygens (including phenoxy) is 1. The Balaban J connectivity index is 2.47. The highest BCUT2D eigenvalue weighted by Gasteiger charge is 2.15. The van der Waals surface area contributed by atoms with Crippen molar-refractivity contribution in [3.63, 3.8) is 0 Å². The van der Waals surface area contributed by atoms with Crippen LogP contribution in [0.25, 0.3) is 0 Å². The van der Waals surface area contributed by atoms with Crippen LogP contribution in [0.1, 0.15) is 49.5 Å². The van der Waals surface area contributed by atoms with Gasteiger partial charge in [0.25, 0.3) is 0 Å². The summed E-state index contributed by atoms with van der Waals surface area (Å²) >= 11 is 0. The fourth-order valence-corrected chi connectivity index (χ4v) is 2.25. The van der Waals surface area contributed by atoms with Crippen molar-refractivity contribution in [1.82, 2.24) is 0 Å². The highest BCUT2D eigenvalue weighted by Crippen LogP contribution is 2.35. The average Bonchev–Trinajstić information content (AvgIpc) is 2.42. The normalized spacial score (nSPS) is 12.5. The number of hydrogen-bond acceptors (Lipinski definition) is 2. The summed E-state index contributed by atoms with van der Waals surface area (Å²) in [7, 11) is 0. The molecule has 0 radical (unpaired) electrons. The Morgan fingerprint density at radius 3 is 2.29 bits per heavy atom. The smallest absolute Gasteiger partial charge is 0.133 e. The lowest BCUT2D eigenvalue weighted by Gasteiger charge is -2.18. The summed E-state index contributed by atoms with van der Waals surface area (Å²) in [6, 6.07) is 10.7. The van der Waals surface area contributed by atoms with Gasteiger partial charge in [-0.15, -0.1) is 0 Å². The van der Waals surface area contributed by atoms with Crippen molar-refractivity contribution in [2.75, 3.05) is 0 Å². The van der Waals surface area contributed by atoms with Crippen LogP contribution in [0, 0.1) is 12.7 Å². The van der Waals surface area contributed by atoms with E-state index in [1.54, 1.807) is 19.9 Å². The van der Waals surface area contributed by atoms with E-state index in [1.165, 1.54) is 6.07 Å². The lowest BCUT2D eigenvalue weighted by Crippen LogP contribution is -2.01. The summed E-state index contributed by atoms with van der Waals surface area (Å²) in [6.07, 6.45) is -0.790. The van der Waals surface area contributed by atoms with E-state index in [1.807, 2.05) is 24.3 Å². The van der Waals surface area contributed by atoms with Gasteiger partial charge in [-0.25, -0.2) is 4.39 Å². The van der Waals surface area contributed by atoms with Crippen LogP contribution in [0.3, 0.4) is 0 Å². The predicted octanol–water partition coefficient (Wildman–Crippen LogP) is 5.10. The lowest BCUT2D eigenvalue weighted by atomic mass is 10.0. The van der Waals surface area contributed by atoms with Gasteiger partial charge in [0.1, 0.15) is 17.3 Å². The van der Waals surface area contributed by atoms with Crippen molar-refractivity contribution in [2.24, 2.45) is 0 Å². The predicted molar refractivity (Wildman–Crippen MR) is 82.4 cm³/mol. The minimum absolute atomic E-state index is 0.317. The number of hydrogen-bond donors (Lipinski definition) is 1. The minimum atomic E-state index is -0.790. The van der Waals surface area contributed by atoms with Crippen molar-refractivity contribution < 1.29 is 14.2 Å². The molecule has 1 N–H and O–H groups in total. The van der Waals surface area contributed by atoms with E-state index < -0.39 is 6.10 Å².